The van der Waals surface area contributed by atoms with Crippen LogP contribution in [-0.4, -0.2) is 17.8 Å². The van der Waals surface area contributed by atoms with Crippen molar-refractivity contribution in [2.24, 2.45) is 0 Å². The highest BCUT2D eigenvalue weighted by Gasteiger charge is 2.80. The van der Waals surface area contributed by atoms with Crippen LogP contribution in [0.3, 0.4) is 0 Å². The van der Waals surface area contributed by atoms with E-state index in [1.165, 1.54) is 0 Å². The average Bonchev–Trinajstić information content (AvgIpc) is 2.46. The van der Waals surface area contributed by atoms with Crippen molar-refractivity contribution >= 4 is 18.6 Å². The maximum absolute atomic E-state index is 10.3. The van der Waals surface area contributed by atoms with Crippen LogP contribution in [0.2, 0.25) is 0 Å². The van der Waals surface area contributed by atoms with Gasteiger partial charge in [0.25, 0.3) is 7.38 Å². The summed E-state index contributed by atoms with van der Waals surface area (Å²) in [5.41, 5.74) is -0.294. The topological polar surface area (TPSA) is 38.8 Å². The average molecular weight is 169 g/mol. The van der Waals surface area contributed by atoms with Crippen LogP contribution in [0.4, 0.5) is 0 Å². The van der Waals surface area contributed by atoms with Crippen molar-refractivity contribution in [1.29, 1.82) is 0 Å². The summed E-state index contributed by atoms with van der Waals surface area (Å²) in [5, 5.41) is 0. The molecule has 1 aliphatic heterocycles. The third-order valence-corrected chi connectivity index (χ3v) is 2.64. The molecule has 1 saturated heterocycles. The first-order valence-electron chi connectivity index (χ1n) is 2.68. The highest BCUT2D eigenvalue weighted by Crippen LogP contribution is 2.62. The summed E-state index contributed by atoms with van der Waals surface area (Å²) < 4.78 is 20.2. The van der Waals surface area contributed by atoms with Crippen LogP contribution in [-0.2, 0) is 13.8 Å². The second-order valence-corrected chi connectivity index (χ2v) is 4.11. The molecule has 0 aromatic carbocycles. The summed E-state index contributed by atoms with van der Waals surface area (Å²) in [6.45, 7) is 1.86. The lowest BCUT2D eigenvalue weighted by Crippen LogP contribution is -2.19. The number of fused-ring (bicyclic) bond motifs is 1. The maximum atomic E-state index is 10.3. The minimum atomic E-state index is -2.29. The Hall–Kier alpha value is 0.440. The van der Waals surface area contributed by atoms with Crippen LogP contribution >= 0.6 is 18.6 Å². The van der Waals surface area contributed by atoms with Crippen LogP contribution in [0.25, 0.3) is 0 Å². The van der Waals surface area contributed by atoms with Gasteiger partial charge in [-0.2, -0.15) is 0 Å². The minimum absolute atomic E-state index is 0.185. The lowest BCUT2D eigenvalue weighted by molar-refractivity contribution is 0.0451. The monoisotopic (exact) mass is 168 g/mol. The van der Waals surface area contributed by atoms with Gasteiger partial charge in [0.05, 0.1) is 0 Å². The molecule has 0 radical (unpaired) electrons. The van der Waals surface area contributed by atoms with Gasteiger partial charge in [0.2, 0.25) is 0 Å². The van der Waals surface area contributed by atoms with Crippen LogP contribution in [0.5, 0.6) is 0 Å². The van der Waals surface area contributed by atoms with E-state index in [1.807, 2.05) is 6.92 Å². The van der Waals surface area contributed by atoms with Crippen LogP contribution < -0.4 is 0 Å². The zero-order chi connectivity index (χ0) is 6.65. The van der Waals surface area contributed by atoms with Gasteiger partial charge in [-0.3, -0.25) is 4.57 Å². The van der Waals surface area contributed by atoms with E-state index in [0.717, 1.165) is 0 Å². The molecule has 0 spiro atoms. The van der Waals surface area contributed by atoms with E-state index < -0.39 is 7.38 Å². The fourth-order valence-corrected chi connectivity index (χ4v) is 2.09. The zero-order valence-electron chi connectivity index (χ0n) is 4.76. The second kappa shape index (κ2) is 1.54. The van der Waals surface area contributed by atoms with E-state index in [1.54, 1.807) is 0 Å². The van der Waals surface area contributed by atoms with Gasteiger partial charge in [-0.25, -0.2) is 0 Å². The molecular formula is C4H6ClO3P. The zero-order valence-corrected chi connectivity index (χ0v) is 6.51. The van der Waals surface area contributed by atoms with E-state index in [2.05, 4.69) is 0 Å². The molecule has 0 aromatic heterocycles. The summed E-state index contributed by atoms with van der Waals surface area (Å²) in [5.74, 6) is 0. The van der Waals surface area contributed by atoms with Crippen LogP contribution in [0.15, 0.2) is 0 Å². The highest BCUT2D eigenvalue weighted by molar-refractivity contribution is 7.69. The second-order valence-electron chi connectivity index (χ2n) is 2.50. The Kier molecular flexibility index (Phi) is 1.05. The van der Waals surface area contributed by atoms with Crippen molar-refractivity contribution < 1.29 is 13.8 Å². The fraction of sp³-hybridized carbons (Fsp3) is 1.00. The lowest BCUT2D eigenvalue weighted by Gasteiger charge is -2.12. The number of hydrogen-bond acceptors (Lipinski definition) is 3. The Bertz CT molecular complexity index is 175. The third-order valence-electron chi connectivity index (χ3n) is 1.81. The van der Waals surface area contributed by atoms with Crippen LogP contribution in [0.1, 0.15) is 6.92 Å². The van der Waals surface area contributed by atoms with Gasteiger partial charge in [-0.1, -0.05) is 0 Å². The molecule has 2 rings (SSSR count). The molecule has 0 amide bonds. The van der Waals surface area contributed by atoms with Crippen molar-refractivity contribution in [3.8, 4) is 0 Å². The Balaban J connectivity index is 1.94. The Morgan fingerprint density at radius 1 is 1.78 bits per heavy atom. The van der Waals surface area contributed by atoms with Crippen molar-refractivity contribution in [2.75, 3.05) is 0 Å². The largest absolute Gasteiger partial charge is 0.363 e. The summed E-state index contributed by atoms with van der Waals surface area (Å²) >= 11 is 5.16. The number of halogens is 1. The van der Waals surface area contributed by atoms with Gasteiger partial charge in [-0.05, 0) is 18.2 Å². The van der Waals surface area contributed by atoms with Gasteiger partial charge >= 0.3 is 0 Å². The summed E-state index contributed by atoms with van der Waals surface area (Å²) in [7, 11) is -2.29. The lowest BCUT2D eigenvalue weighted by atomic mass is 10.4. The molecule has 5 heteroatoms. The molecule has 0 aromatic rings. The predicted octanol–water partition coefficient (Wildman–Crippen LogP) is 1.17. The molecule has 2 fully saturated rings. The van der Waals surface area contributed by atoms with E-state index in [-0.39, 0.29) is 17.8 Å². The van der Waals surface area contributed by atoms with Gasteiger partial charge in [0.15, 0.2) is 0 Å². The highest BCUT2D eigenvalue weighted by atomic mass is 35.7. The van der Waals surface area contributed by atoms with Gasteiger partial charge < -0.3 is 9.26 Å². The quantitative estimate of drug-likeness (QED) is 0.459. The SMILES string of the molecule is CC1(O[PH](=O)Cl)C2OC21. The molecular weight excluding hydrogens is 162 g/mol. The van der Waals surface area contributed by atoms with Crippen molar-refractivity contribution in [1.82, 2.24) is 0 Å². The molecule has 0 bridgehead atoms. The van der Waals surface area contributed by atoms with E-state index in [0.29, 0.717) is 0 Å². The van der Waals surface area contributed by atoms with E-state index in [9.17, 15) is 4.57 Å². The molecule has 3 unspecified atom stereocenters. The van der Waals surface area contributed by atoms with Crippen LogP contribution in [0, 0.1) is 0 Å². The summed E-state index contributed by atoms with van der Waals surface area (Å²) in [6.07, 6.45) is 0.371. The molecule has 1 heterocycles. The molecule has 52 valence electrons. The summed E-state index contributed by atoms with van der Waals surface area (Å²) in [4.78, 5) is 0. The fourth-order valence-electron chi connectivity index (χ4n) is 1.01. The minimum Gasteiger partial charge on any atom is -0.363 e. The van der Waals surface area contributed by atoms with Crippen molar-refractivity contribution in [3.63, 3.8) is 0 Å². The first kappa shape index (κ1) is 6.17. The Morgan fingerprint density at radius 3 is 2.44 bits per heavy atom. The molecule has 2 aliphatic rings. The normalized spacial score (nSPS) is 56.2. The molecule has 0 N–H and O–H groups in total. The number of epoxide rings is 1. The Labute approximate surface area is 57.9 Å². The smallest absolute Gasteiger partial charge is 0.279 e. The summed E-state index contributed by atoms with van der Waals surface area (Å²) in [6, 6.07) is 0. The number of ether oxygens (including phenoxy) is 1. The van der Waals surface area contributed by atoms with Gasteiger partial charge in [0.1, 0.15) is 17.8 Å². The standard InChI is InChI=1S/C4H6ClO3P/c1-4(8-9(5)6)2-3(4)7-2/h2-3,9H,1H3. The third kappa shape index (κ3) is 0.761. The maximum Gasteiger partial charge on any atom is 0.279 e. The molecule has 3 atom stereocenters. The molecule has 1 aliphatic carbocycles. The molecule has 9 heavy (non-hydrogen) atoms. The van der Waals surface area contributed by atoms with E-state index >= 15 is 0 Å². The molecule has 3 nitrogen and oxygen atoms in total. The predicted molar refractivity (Wildman–Crippen MR) is 33.0 cm³/mol. The first-order chi connectivity index (χ1) is 4.14. The van der Waals surface area contributed by atoms with Crippen molar-refractivity contribution in [3.05, 3.63) is 0 Å². The molecule has 1 saturated carbocycles. The first-order valence-corrected chi connectivity index (χ1v) is 5.01. The number of hydrogen-bond donors (Lipinski definition) is 0. The van der Waals surface area contributed by atoms with Crippen molar-refractivity contribution in [2.45, 2.75) is 24.7 Å². The van der Waals surface area contributed by atoms with Gasteiger partial charge in [-0.15, -0.1) is 0 Å². The number of rotatable bonds is 2. The Morgan fingerprint density at radius 2 is 2.33 bits per heavy atom. The van der Waals surface area contributed by atoms with Gasteiger partial charge in [0, 0.05) is 0 Å². The van der Waals surface area contributed by atoms with E-state index in [4.69, 9.17) is 20.5 Å².